The Bertz CT molecular complexity index is 1180. The molecular weight excluding hydrogens is 488 g/mol. The van der Waals surface area contributed by atoms with Crippen LogP contribution in [0, 0.1) is 5.92 Å². The number of methoxy groups -OCH3 is 1. The van der Waals surface area contributed by atoms with Crippen LogP contribution in [0.4, 0.5) is 5.69 Å². The Hall–Kier alpha value is -2.18. The zero-order valence-electron chi connectivity index (χ0n) is 20.8. The maximum absolute atomic E-state index is 12.9. The molecule has 2 unspecified atom stereocenters. The van der Waals surface area contributed by atoms with Crippen molar-refractivity contribution < 1.29 is 21.6 Å². The molecule has 0 bridgehead atoms. The standard InChI is InChI=1S/C24H36N4O5S2/c1-19(16-25-34(29,30)24-12-10-22(11-13-24)27(2)3)17-26-35(31,32)28-14-6-8-21(18-28)20-7-5-9-23(15-20)33-4/h5,7,9-13,15,19,21,25-26H,6,8,14,16-18H2,1-4H3. The highest BCUT2D eigenvalue weighted by Crippen LogP contribution is 2.30. The van der Waals surface area contributed by atoms with Crippen molar-refractivity contribution in [3.8, 4) is 5.75 Å². The maximum Gasteiger partial charge on any atom is 0.279 e. The Balaban J connectivity index is 1.53. The van der Waals surface area contributed by atoms with Crippen molar-refractivity contribution in [3.63, 3.8) is 0 Å². The fourth-order valence-corrected chi connectivity index (χ4v) is 6.59. The van der Waals surface area contributed by atoms with Gasteiger partial charge in [0.15, 0.2) is 0 Å². The lowest BCUT2D eigenvalue weighted by Gasteiger charge is -2.32. The van der Waals surface area contributed by atoms with Gasteiger partial charge in [-0.1, -0.05) is 19.1 Å². The van der Waals surface area contributed by atoms with Crippen molar-refractivity contribution in [3.05, 3.63) is 54.1 Å². The van der Waals surface area contributed by atoms with Crippen LogP contribution in [0.25, 0.3) is 0 Å². The van der Waals surface area contributed by atoms with E-state index in [4.69, 9.17) is 4.74 Å². The average molecular weight is 525 g/mol. The monoisotopic (exact) mass is 524 g/mol. The lowest BCUT2D eigenvalue weighted by molar-refractivity contribution is 0.310. The quantitative estimate of drug-likeness (QED) is 0.467. The molecule has 2 atom stereocenters. The molecule has 0 saturated carbocycles. The Labute approximate surface area is 209 Å². The smallest absolute Gasteiger partial charge is 0.279 e. The van der Waals surface area contributed by atoms with Crippen LogP contribution in [-0.4, -0.2) is 68.5 Å². The molecule has 0 radical (unpaired) electrons. The van der Waals surface area contributed by atoms with Crippen molar-refractivity contribution in [2.45, 2.75) is 30.6 Å². The van der Waals surface area contributed by atoms with Gasteiger partial charge >= 0.3 is 0 Å². The van der Waals surface area contributed by atoms with E-state index in [1.54, 1.807) is 38.3 Å². The van der Waals surface area contributed by atoms with Crippen LogP contribution in [0.1, 0.15) is 31.2 Å². The number of benzene rings is 2. The number of sulfonamides is 1. The van der Waals surface area contributed by atoms with Crippen LogP contribution in [0.2, 0.25) is 0 Å². The fraction of sp³-hybridized carbons (Fsp3) is 0.500. The van der Waals surface area contributed by atoms with E-state index in [1.165, 1.54) is 4.31 Å². The van der Waals surface area contributed by atoms with Gasteiger partial charge in [0.05, 0.1) is 12.0 Å². The van der Waals surface area contributed by atoms with Crippen molar-refractivity contribution in [1.82, 2.24) is 13.7 Å². The van der Waals surface area contributed by atoms with Crippen molar-refractivity contribution >= 4 is 25.9 Å². The fourth-order valence-electron chi connectivity index (χ4n) is 4.00. The van der Waals surface area contributed by atoms with Gasteiger partial charge in [-0.15, -0.1) is 0 Å². The van der Waals surface area contributed by atoms with E-state index in [-0.39, 0.29) is 29.8 Å². The zero-order chi connectivity index (χ0) is 25.6. The topological polar surface area (TPSA) is 108 Å². The van der Waals surface area contributed by atoms with Gasteiger partial charge in [0.2, 0.25) is 10.0 Å². The molecule has 9 nitrogen and oxygen atoms in total. The van der Waals surface area contributed by atoms with Crippen LogP contribution in [0.15, 0.2) is 53.4 Å². The molecule has 0 aliphatic carbocycles. The first-order chi connectivity index (χ1) is 16.5. The maximum atomic E-state index is 12.9. The van der Waals surface area contributed by atoms with Crippen LogP contribution in [0.5, 0.6) is 5.75 Å². The van der Waals surface area contributed by atoms with E-state index >= 15 is 0 Å². The molecular formula is C24H36N4O5S2. The van der Waals surface area contributed by atoms with Gasteiger partial charge in [-0.25, -0.2) is 17.9 Å². The summed E-state index contributed by atoms with van der Waals surface area (Å²) in [5.41, 5.74) is 1.96. The normalized spacial score (nSPS) is 18.2. The van der Waals surface area contributed by atoms with Gasteiger partial charge in [0, 0.05) is 46.0 Å². The molecule has 1 fully saturated rings. The van der Waals surface area contributed by atoms with E-state index in [1.807, 2.05) is 43.3 Å². The van der Waals surface area contributed by atoms with Crippen LogP contribution in [0.3, 0.4) is 0 Å². The summed E-state index contributed by atoms with van der Waals surface area (Å²) in [6.07, 6.45) is 1.68. The van der Waals surface area contributed by atoms with Crippen LogP contribution in [-0.2, 0) is 20.2 Å². The van der Waals surface area contributed by atoms with Crippen molar-refractivity contribution in [2.24, 2.45) is 5.92 Å². The summed E-state index contributed by atoms with van der Waals surface area (Å²) in [7, 11) is -1.99. The number of hydrogen-bond donors (Lipinski definition) is 2. The predicted octanol–water partition coefficient (Wildman–Crippen LogP) is 2.39. The van der Waals surface area contributed by atoms with Gasteiger partial charge in [-0.2, -0.15) is 12.7 Å². The molecule has 1 heterocycles. The Kier molecular flexibility index (Phi) is 9.16. The molecule has 2 aromatic carbocycles. The number of rotatable bonds is 11. The second-order valence-corrected chi connectivity index (χ2v) is 12.7. The number of anilines is 1. The summed E-state index contributed by atoms with van der Waals surface area (Å²) < 4.78 is 63.1. The lowest BCUT2D eigenvalue weighted by atomic mass is 9.91. The first kappa shape index (κ1) is 27.4. The SMILES string of the molecule is COc1cccc(C2CCCN(S(=O)(=O)NCC(C)CNS(=O)(=O)c3ccc(N(C)C)cc3)C2)c1. The largest absolute Gasteiger partial charge is 0.497 e. The highest BCUT2D eigenvalue weighted by Gasteiger charge is 2.30. The van der Waals surface area contributed by atoms with Gasteiger partial charge < -0.3 is 9.64 Å². The lowest BCUT2D eigenvalue weighted by Crippen LogP contribution is -2.47. The highest BCUT2D eigenvalue weighted by atomic mass is 32.2. The number of nitrogens with zero attached hydrogens (tertiary/aromatic N) is 2. The third kappa shape index (κ3) is 7.40. The molecule has 0 amide bonds. The van der Waals surface area contributed by atoms with Gasteiger partial charge in [0.25, 0.3) is 10.2 Å². The highest BCUT2D eigenvalue weighted by molar-refractivity contribution is 7.89. The Morgan fingerprint density at radius 2 is 1.74 bits per heavy atom. The Morgan fingerprint density at radius 3 is 2.40 bits per heavy atom. The molecule has 35 heavy (non-hydrogen) atoms. The molecule has 0 spiro atoms. The molecule has 1 saturated heterocycles. The minimum Gasteiger partial charge on any atom is -0.497 e. The van der Waals surface area contributed by atoms with Gasteiger partial charge in [-0.05, 0) is 66.6 Å². The number of nitrogens with one attached hydrogen (secondary N) is 2. The van der Waals surface area contributed by atoms with Crippen molar-refractivity contribution in [1.29, 1.82) is 0 Å². The summed E-state index contributed by atoms with van der Waals surface area (Å²) in [4.78, 5) is 2.06. The number of ether oxygens (including phenoxy) is 1. The van der Waals surface area contributed by atoms with Gasteiger partial charge in [-0.3, -0.25) is 0 Å². The predicted molar refractivity (Wildman–Crippen MR) is 139 cm³/mol. The van der Waals surface area contributed by atoms with E-state index < -0.39 is 20.2 Å². The molecule has 11 heteroatoms. The average Bonchev–Trinajstić information content (AvgIpc) is 2.86. The molecule has 0 aromatic heterocycles. The third-order valence-corrected chi connectivity index (χ3v) is 9.17. The van der Waals surface area contributed by atoms with Crippen LogP contribution < -0.4 is 19.1 Å². The molecule has 1 aliphatic rings. The van der Waals surface area contributed by atoms with Crippen LogP contribution >= 0.6 is 0 Å². The van der Waals surface area contributed by atoms with E-state index in [9.17, 15) is 16.8 Å². The second-order valence-electron chi connectivity index (χ2n) is 9.17. The molecule has 1 aliphatic heterocycles. The molecule has 194 valence electrons. The summed E-state index contributed by atoms with van der Waals surface area (Å²) in [5, 5.41) is 0. The zero-order valence-corrected chi connectivity index (χ0v) is 22.4. The second kappa shape index (κ2) is 11.7. The van der Waals surface area contributed by atoms with E-state index in [0.29, 0.717) is 13.1 Å². The minimum atomic E-state index is -3.68. The summed E-state index contributed by atoms with van der Waals surface area (Å²) in [5.74, 6) is 0.614. The van der Waals surface area contributed by atoms with Gasteiger partial charge in [0.1, 0.15) is 5.75 Å². The first-order valence-corrected chi connectivity index (χ1v) is 14.6. The molecule has 3 rings (SSSR count). The van der Waals surface area contributed by atoms with E-state index in [2.05, 4.69) is 9.44 Å². The molecule has 2 aromatic rings. The summed E-state index contributed by atoms with van der Waals surface area (Å²) >= 11 is 0. The first-order valence-electron chi connectivity index (χ1n) is 11.7. The van der Waals surface area contributed by atoms with E-state index in [0.717, 1.165) is 29.8 Å². The summed E-state index contributed by atoms with van der Waals surface area (Å²) in [6, 6.07) is 14.3. The summed E-state index contributed by atoms with van der Waals surface area (Å²) in [6.45, 7) is 2.90. The third-order valence-electron chi connectivity index (χ3n) is 6.19. The minimum absolute atomic E-state index is 0.0959. The van der Waals surface area contributed by atoms with Crippen molar-refractivity contribution in [2.75, 3.05) is 52.3 Å². The molecule has 2 N–H and O–H groups in total. The number of hydrogen-bond acceptors (Lipinski definition) is 6. The Morgan fingerprint density at radius 1 is 1.06 bits per heavy atom. The number of piperidine rings is 1.